The molecule has 3 aliphatic rings. The number of esters is 1. The van der Waals surface area contributed by atoms with Crippen molar-refractivity contribution in [1.29, 1.82) is 0 Å². The highest BCUT2D eigenvalue weighted by atomic mass is 79.9. The Morgan fingerprint density at radius 1 is 0.843 bits per heavy atom. The Morgan fingerprint density at radius 3 is 2.31 bits per heavy atom. The van der Waals surface area contributed by atoms with Crippen molar-refractivity contribution in [3.8, 4) is 0 Å². The van der Waals surface area contributed by atoms with Gasteiger partial charge in [-0.2, -0.15) is 0 Å². The van der Waals surface area contributed by atoms with Crippen LogP contribution in [0, 0.1) is 11.8 Å². The Balaban J connectivity index is 0.908. The lowest BCUT2D eigenvalue weighted by Crippen LogP contribution is -2.43. The van der Waals surface area contributed by atoms with Crippen LogP contribution in [0.5, 0.6) is 0 Å². The summed E-state index contributed by atoms with van der Waals surface area (Å²) in [5.41, 5.74) is 6.23. The van der Waals surface area contributed by atoms with Gasteiger partial charge in [0.2, 0.25) is 11.8 Å². The molecule has 2 aromatic heterocycles. The van der Waals surface area contributed by atoms with Gasteiger partial charge in [-0.1, -0.05) is 57.9 Å². The van der Waals surface area contributed by atoms with Gasteiger partial charge < -0.3 is 19.1 Å². The number of hydrogen-bond donors (Lipinski definition) is 0. The number of benzene rings is 2. The van der Waals surface area contributed by atoms with E-state index in [4.69, 9.17) is 21.3 Å². The van der Waals surface area contributed by atoms with Gasteiger partial charge in [0.05, 0.1) is 5.69 Å². The number of rotatable bonds is 8. The van der Waals surface area contributed by atoms with Crippen molar-refractivity contribution in [2.75, 3.05) is 26.2 Å². The van der Waals surface area contributed by atoms with Crippen LogP contribution in [0.25, 0.3) is 0 Å². The molecule has 0 unspecified atom stereocenters. The summed E-state index contributed by atoms with van der Waals surface area (Å²) in [5, 5.41) is 0.738. The molecule has 0 bridgehead atoms. The summed E-state index contributed by atoms with van der Waals surface area (Å²) < 4.78 is 9.17. The molecule has 11 heteroatoms. The van der Waals surface area contributed by atoms with Crippen LogP contribution in [0.2, 0.25) is 5.02 Å². The van der Waals surface area contributed by atoms with Crippen LogP contribution in [0.15, 0.2) is 82.0 Å². The molecule has 2 aliphatic heterocycles. The summed E-state index contributed by atoms with van der Waals surface area (Å²) in [4.78, 5) is 48.4. The molecule has 1 atom stereocenters. The minimum absolute atomic E-state index is 0.0347. The number of carbonyl (C=O) groups is 3. The fourth-order valence-electron chi connectivity index (χ4n) is 8.06. The number of aromatic nitrogens is 2. The second-order valence-corrected chi connectivity index (χ2v) is 16.2. The molecule has 0 radical (unpaired) electrons. The molecule has 2 amide bonds. The lowest BCUT2D eigenvalue weighted by Gasteiger charge is -2.38. The summed E-state index contributed by atoms with van der Waals surface area (Å²) in [6, 6.07) is 19.3. The first-order chi connectivity index (χ1) is 24.7. The van der Waals surface area contributed by atoms with Crippen LogP contribution < -0.4 is 0 Å². The van der Waals surface area contributed by atoms with E-state index in [1.54, 1.807) is 22.9 Å². The van der Waals surface area contributed by atoms with E-state index in [0.717, 1.165) is 76.8 Å². The van der Waals surface area contributed by atoms with Gasteiger partial charge >= 0.3 is 5.97 Å². The van der Waals surface area contributed by atoms with Crippen LogP contribution in [-0.4, -0.2) is 63.3 Å². The number of aryl methyl sites for hydroxylation is 2. The number of carbonyl (C=O) groups excluding carboxylic acids is 3. The lowest BCUT2D eigenvalue weighted by atomic mass is 9.76. The normalized spacial score (nSPS) is 18.1. The van der Waals surface area contributed by atoms with Gasteiger partial charge in [-0.05, 0) is 119 Å². The summed E-state index contributed by atoms with van der Waals surface area (Å²) in [6.45, 7) is 2.93. The molecule has 0 saturated carbocycles. The molecule has 0 N–H and O–H groups in total. The molecule has 7 rings (SSSR count). The van der Waals surface area contributed by atoms with Gasteiger partial charge in [0.1, 0.15) is 18.8 Å². The Bertz CT molecular complexity index is 1900. The van der Waals surface area contributed by atoms with Crippen LogP contribution in [0.1, 0.15) is 76.5 Å². The molecule has 4 heterocycles. The first-order valence-electron chi connectivity index (χ1n) is 17.8. The minimum Gasteiger partial charge on any atom is -0.456 e. The van der Waals surface area contributed by atoms with E-state index in [1.165, 1.54) is 16.7 Å². The maximum atomic E-state index is 13.6. The maximum absolute atomic E-state index is 13.6. The van der Waals surface area contributed by atoms with E-state index in [-0.39, 0.29) is 36.8 Å². The highest BCUT2D eigenvalue weighted by molar-refractivity contribution is 9.10. The summed E-state index contributed by atoms with van der Waals surface area (Å²) in [5.74, 6) is 0.465. The SMILES string of the molecule is O=C(OCc1ccccc1)c1cccn1CC(=O)N1CCC(CC(=O)N2CCC([C@H]3c4ncc(Br)cc4CCc4cc(Cl)cc(Br)c43)CC2)CC1. The standard InChI is InChI=1S/C40H41Br2ClN4O4/c41-31-20-30-9-8-29-21-32(43)22-33(42)37(29)38(39(30)44-23-31)28-12-17-45(18-13-28)35(48)19-26-10-15-46(16-11-26)36(49)24-47-14-4-7-34(47)40(50)51-25-27-5-2-1-3-6-27/h1-7,14,20-23,26,28,38H,8-13,15-19,24-25H2/t38-/m1/s1. The van der Waals surface area contributed by atoms with E-state index in [1.807, 2.05) is 52.4 Å². The Hall–Kier alpha value is -3.47. The number of likely N-dealkylation sites (tertiary alicyclic amines) is 2. The van der Waals surface area contributed by atoms with E-state index < -0.39 is 5.97 Å². The average Bonchev–Trinajstić information content (AvgIpc) is 3.53. The van der Waals surface area contributed by atoms with Gasteiger partial charge in [0, 0.05) is 64.9 Å². The fraction of sp³-hybridized carbons (Fsp3) is 0.400. The van der Waals surface area contributed by atoms with Crippen molar-refractivity contribution in [3.63, 3.8) is 0 Å². The predicted octanol–water partition coefficient (Wildman–Crippen LogP) is 8.22. The number of halogens is 3. The lowest BCUT2D eigenvalue weighted by molar-refractivity contribution is -0.135. The van der Waals surface area contributed by atoms with Gasteiger partial charge in [0.25, 0.3) is 0 Å². The summed E-state index contributed by atoms with van der Waals surface area (Å²) in [7, 11) is 0. The van der Waals surface area contributed by atoms with E-state index >= 15 is 0 Å². The van der Waals surface area contributed by atoms with Gasteiger partial charge in [-0.25, -0.2) is 4.79 Å². The van der Waals surface area contributed by atoms with Crippen molar-refractivity contribution < 1.29 is 19.1 Å². The average molecular weight is 837 g/mol. The van der Waals surface area contributed by atoms with Crippen molar-refractivity contribution in [2.24, 2.45) is 11.8 Å². The molecule has 2 fully saturated rings. The molecule has 0 spiro atoms. The van der Waals surface area contributed by atoms with Crippen LogP contribution in [-0.2, 0) is 40.3 Å². The van der Waals surface area contributed by atoms with E-state index in [9.17, 15) is 14.4 Å². The number of fused-ring (bicyclic) bond motifs is 2. The number of pyridine rings is 1. The molecule has 266 valence electrons. The fourth-order valence-corrected chi connectivity index (χ4v) is 9.55. The molecular weight excluding hydrogens is 796 g/mol. The summed E-state index contributed by atoms with van der Waals surface area (Å²) in [6.07, 6.45) is 9.39. The first kappa shape index (κ1) is 35.9. The van der Waals surface area contributed by atoms with Crippen LogP contribution >= 0.6 is 43.5 Å². The quantitative estimate of drug-likeness (QED) is 0.167. The molecule has 2 saturated heterocycles. The van der Waals surface area contributed by atoms with Crippen molar-refractivity contribution >= 4 is 61.2 Å². The highest BCUT2D eigenvalue weighted by Crippen LogP contribution is 2.46. The topological polar surface area (TPSA) is 84.7 Å². The van der Waals surface area contributed by atoms with Crippen LogP contribution in [0.3, 0.4) is 0 Å². The Labute approximate surface area is 320 Å². The Kier molecular flexibility index (Phi) is 11.3. The molecule has 4 aromatic rings. The molecular formula is C40H41Br2ClN4O4. The number of hydrogen-bond acceptors (Lipinski definition) is 5. The second kappa shape index (κ2) is 16.0. The molecule has 51 heavy (non-hydrogen) atoms. The third kappa shape index (κ3) is 8.28. The van der Waals surface area contributed by atoms with E-state index in [0.29, 0.717) is 31.1 Å². The zero-order chi connectivity index (χ0) is 35.5. The van der Waals surface area contributed by atoms with Crippen molar-refractivity contribution in [3.05, 3.63) is 121 Å². The number of nitrogens with zero attached hydrogens (tertiary/aromatic N) is 4. The third-order valence-corrected chi connectivity index (χ3v) is 12.1. The Morgan fingerprint density at radius 2 is 1.55 bits per heavy atom. The number of amides is 2. The zero-order valence-corrected chi connectivity index (χ0v) is 32.3. The smallest absolute Gasteiger partial charge is 0.355 e. The summed E-state index contributed by atoms with van der Waals surface area (Å²) >= 11 is 14.0. The zero-order valence-electron chi connectivity index (χ0n) is 28.4. The number of piperidine rings is 2. The monoisotopic (exact) mass is 834 g/mol. The maximum Gasteiger partial charge on any atom is 0.355 e. The van der Waals surface area contributed by atoms with Crippen molar-refractivity contribution in [2.45, 2.75) is 64.0 Å². The largest absolute Gasteiger partial charge is 0.456 e. The van der Waals surface area contributed by atoms with Gasteiger partial charge in [-0.15, -0.1) is 0 Å². The second-order valence-electron chi connectivity index (χ2n) is 14.0. The molecule has 8 nitrogen and oxygen atoms in total. The third-order valence-electron chi connectivity index (χ3n) is 10.8. The van der Waals surface area contributed by atoms with Gasteiger partial charge in [0.15, 0.2) is 0 Å². The number of ether oxygens (including phenoxy) is 1. The van der Waals surface area contributed by atoms with E-state index in [2.05, 4.69) is 44.0 Å². The highest BCUT2D eigenvalue weighted by Gasteiger charge is 2.37. The molecule has 2 aromatic carbocycles. The first-order valence-corrected chi connectivity index (χ1v) is 19.7. The van der Waals surface area contributed by atoms with Crippen molar-refractivity contribution in [1.82, 2.24) is 19.4 Å². The minimum atomic E-state index is -0.454. The van der Waals surface area contributed by atoms with Crippen LogP contribution in [0.4, 0.5) is 0 Å². The van der Waals surface area contributed by atoms with Gasteiger partial charge in [-0.3, -0.25) is 14.6 Å². The predicted molar refractivity (Wildman–Crippen MR) is 204 cm³/mol. The molecule has 1 aliphatic carbocycles.